The molecule has 0 saturated carbocycles. The van der Waals surface area contributed by atoms with Crippen LogP contribution in [0.5, 0.6) is 0 Å². The minimum Gasteiger partial charge on any atom is -0.352 e. The molecule has 1 heterocycles. The lowest BCUT2D eigenvalue weighted by molar-refractivity contribution is -0.124. The lowest BCUT2D eigenvalue weighted by atomic mass is 9.99. The molecular weight excluding hydrogens is 262 g/mol. The van der Waals surface area contributed by atoms with Gasteiger partial charge in [-0.15, -0.1) is 0 Å². The summed E-state index contributed by atoms with van der Waals surface area (Å²) in [6.07, 6.45) is 0.889. The van der Waals surface area contributed by atoms with E-state index in [-0.39, 0.29) is 36.1 Å². The van der Waals surface area contributed by atoms with Crippen molar-refractivity contribution in [2.75, 3.05) is 14.1 Å². The van der Waals surface area contributed by atoms with Gasteiger partial charge in [0.05, 0.1) is 12.6 Å². The van der Waals surface area contributed by atoms with Crippen molar-refractivity contribution >= 4 is 11.8 Å². The van der Waals surface area contributed by atoms with E-state index in [1.165, 1.54) is 7.05 Å². The van der Waals surface area contributed by atoms with E-state index in [2.05, 4.69) is 26.1 Å². The van der Waals surface area contributed by atoms with Gasteiger partial charge in [0, 0.05) is 7.05 Å². The van der Waals surface area contributed by atoms with Gasteiger partial charge in [-0.3, -0.25) is 9.59 Å². The van der Waals surface area contributed by atoms with Crippen LogP contribution in [-0.4, -0.2) is 42.1 Å². The van der Waals surface area contributed by atoms with Crippen LogP contribution in [0.15, 0.2) is 4.52 Å². The Bertz CT molecular complexity index is 460. The number of aromatic nitrogens is 2. The fourth-order valence-corrected chi connectivity index (χ4v) is 1.71. The molecule has 3 N–H and O–H groups in total. The molecule has 0 fully saturated rings. The van der Waals surface area contributed by atoms with Crippen molar-refractivity contribution in [3.8, 4) is 0 Å². The molecule has 2 amide bonds. The average molecular weight is 283 g/mol. The van der Waals surface area contributed by atoms with E-state index in [4.69, 9.17) is 4.52 Å². The Hall–Kier alpha value is -1.96. The summed E-state index contributed by atoms with van der Waals surface area (Å²) in [6, 6.07) is -0.277. The van der Waals surface area contributed by atoms with Gasteiger partial charge < -0.3 is 20.5 Å². The predicted octanol–water partition coefficient (Wildman–Crippen LogP) is -0.320. The molecule has 1 aromatic rings. The van der Waals surface area contributed by atoms with Gasteiger partial charge in [0.15, 0.2) is 0 Å². The van der Waals surface area contributed by atoms with Crippen LogP contribution in [0.3, 0.4) is 0 Å². The molecule has 0 aliphatic carbocycles. The summed E-state index contributed by atoms with van der Waals surface area (Å²) in [7, 11) is 3.22. The van der Waals surface area contributed by atoms with Gasteiger partial charge in [0.2, 0.25) is 11.8 Å². The highest BCUT2D eigenvalue weighted by molar-refractivity contribution is 5.89. The molecule has 0 aliphatic rings. The third kappa shape index (κ3) is 4.02. The average Bonchev–Trinajstić information content (AvgIpc) is 2.93. The summed E-state index contributed by atoms with van der Waals surface area (Å²) >= 11 is 0. The fraction of sp³-hybridized carbons (Fsp3) is 0.667. The summed E-state index contributed by atoms with van der Waals surface area (Å²) in [6.45, 7) is 4.12. The Morgan fingerprint density at radius 3 is 2.60 bits per heavy atom. The van der Waals surface area contributed by atoms with Crippen LogP contribution in [-0.2, 0) is 11.3 Å². The lowest BCUT2D eigenvalue weighted by Gasteiger charge is -2.20. The smallest absolute Gasteiger partial charge is 0.292 e. The molecule has 0 spiro atoms. The molecule has 112 valence electrons. The number of hydrogen-bond donors (Lipinski definition) is 3. The second-order valence-electron chi connectivity index (χ2n) is 4.46. The molecule has 0 saturated heterocycles. The largest absolute Gasteiger partial charge is 0.352 e. The summed E-state index contributed by atoms with van der Waals surface area (Å²) in [5, 5.41) is 11.6. The van der Waals surface area contributed by atoms with Gasteiger partial charge in [-0.25, -0.2) is 0 Å². The summed E-state index contributed by atoms with van der Waals surface area (Å²) in [5.41, 5.74) is 0. The van der Waals surface area contributed by atoms with E-state index >= 15 is 0 Å². The van der Waals surface area contributed by atoms with Gasteiger partial charge in [0.1, 0.15) is 0 Å². The maximum Gasteiger partial charge on any atom is 0.292 e. The molecular formula is C12H21N5O3. The SMILES string of the molecule is CC[C@@H](C)[C@@H](NC)C(=O)NCc1nc(C(=O)NC)no1. The first-order valence-corrected chi connectivity index (χ1v) is 6.53. The van der Waals surface area contributed by atoms with Crippen LogP contribution in [0.4, 0.5) is 0 Å². The van der Waals surface area contributed by atoms with E-state index < -0.39 is 5.91 Å². The molecule has 2 atom stereocenters. The van der Waals surface area contributed by atoms with Crippen molar-refractivity contribution < 1.29 is 14.1 Å². The number of hydrogen-bond acceptors (Lipinski definition) is 6. The number of carbonyl (C=O) groups is 2. The first-order valence-electron chi connectivity index (χ1n) is 6.53. The predicted molar refractivity (Wildman–Crippen MR) is 71.8 cm³/mol. The Morgan fingerprint density at radius 1 is 1.35 bits per heavy atom. The highest BCUT2D eigenvalue weighted by Crippen LogP contribution is 2.07. The maximum absolute atomic E-state index is 12.0. The standard InChI is InChI=1S/C12H21N5O3/c1-5-7(2)9(13-3)11(18)15-6-8-16-10(17-20-8)12(19)14-4/h7,9,13H,5-6H2,1-4H3,(H,14,19)(H,15,18)/t7-,9-/m1/s1. The molecule has 0 unspecified atom stereocenters. The second-order valence-corrected chi connectivity index (χ2v) is 4.46. The summed E-state index contributed by atoms with van der Waals surface area (Å²) in [5.74, 6) is -0.218. The third-order valence-corrected chi connectivity index (χ3v) is 3.12. The van der Waals surface area contributed by atoms with Crippen LogP contribution in [0.1, 0.15) is 36.8 Å². The molecule has 0 radical (unpaired) electrons. The molecule has 0 bridgehead atoms. The highest BCUT2D eigenvalue weighted by atomic mass is 16.5. The first kappa shape index (κ1) is 16.1. The number of likely N-dealkylation sites (N-methyl/N-ethyl adjacent to an activating group) is 1. The maximum atomic E-state index is 12.0. The zero-order chi connectivity index (χ0) is 15.1. The number of carbonyl (C=O) groups excluding carboxylic acids is 2. The number of nitrogens with zero attached hydrogens (tertiary/aromatic N) is 2. The zero-order valence-electron chi connectivity index (χ0n) is 12.2. The molecule has 0 aromatic carbocycles. The van der Waals surface area contributed by atoms with E-state index in [1.807, 2.05) is 13.8 Å². The van der Waals surface area contributed by atoms with Crippen molar-refractivity contribution in [1.29, 1.82) is 0 Å². The van der Waals surface area contributed by atoms with Crippen LogP contribution < -0.4 is 16.0 Å². The van der Waals surface area contributed by atoms with E-state index in [9.17, 15) is 9.59 Å². The fourth-order valence-electron chi connectivity index (χ4n) is 1.71. The van der Waals surface area contributed by atoms with Crippen LogP contribution in [0.2, 0.25) is 0 Å². The number of nitrogens with one attached hydrogen (secondary N) is 3. The van der Waals surface area contributed by atoms with E-state index in [0.717, 1.165) is 6.42 Å². The monoisotopic (exact) mass is 283 g/mol. The van der Waals surface area contributed by atoms with Crippen molar-refractivity contribution in [3.63, 3.8) is 0 Å². The first-order chi connectivity index (χ1) is 9.53. The minimum absolute atomic E-state index is 0.0520. The molecule has 8 nitrogen and oxygen atoms in total. The van der Waals surface area contributed by atoms with Gasteiger partial charge >= 0.3 is 0 Å². The normalized spacial score (nSPS) is 13.6. The summed E-state index contributed by atoms with van der Waals surface area (Å²) < 4.78 is 4.88. The molecule has 1 aromatic heterocycles. The molecule has 0 aliphatic heterocycles. The van der Waals surface area contributed by atoms with E-state index in [1.54, 1.807) is 7.05 Å². The zero-order valence-corrected chi connectivity index (χ0v) is 12.2. The topological polar surface area (TPSA) is 109 Å². The van der Waals surface area contributed by atoms with Gasteiger partial charge in [-0.05, 0) is 13.0 Å². The Morgan fingerprint density at radius 2 is 2.05 bits per heavy atom. The Kier molecular flexibility index (Phi) is 6.10. The van der Waals surface area contributed by atoms with Crippen molar-refractivity contribution in [2.45, 2.75) is 32.9 Å². The number of rotatable bonds is 7. The Labute approximate surface area is 117 Å². The van der Waals surface area contributed by atoms with Gasteiger partial charge in [-0.2, -0.15) is 4.98 Å². The van der Waals surface area contributed by atoms with Crippen LogP contribution in [0, 0.1) is 5.92 Å². The minimum atomic E-state index is -0.431. The number of amides is 2. The van der Waals surface area contributed by atoms with E-state index in [0.29, 0.717) is 0 Å². The summed E-state index contributed by atoms with van der Waals surface area (Å²) in [4.78, 5) is 27.1. The van der Waals surface area contributed by atoms with Crippen molar-refractivity contribution in [2.24, 2.45) is 5.92 Å². The van der Waals surface area contributed by atoms with Crippen LogP contribution in [0.25, 0.3) is 0 Å². The van der Waals surface area contributed by atoms with Gasteiger partial charge in [-0.1, -0.05) is 25.4 Å². The Balaban J connectivity index is 2.56. The molecule has 8 heteroatoms. The molecule has 20 heavy (non-hydrogen) atoms. The lowest BCUT2D eigenvalue weighted by Crippen LogP contribution is -2.46. The van der Waals surface area contributed by atoms with Crippen LogP contribution >= 0.6 is 0 Å². The second kappa shape index (κ2) is 7.59. The van der Waals surface area contributed by atoms with Crippen molar-refractivity contribution in [1.82, 2.24) is 26.1 Å². The highest BCUT2D eigenvalue weighted by Gasteiger charge is 2.22. The third-order valence-electron chi connectivity index (χ3n) is 3.12. The molecule has 1 rings (SSSR count). The van der Waals surface area contributed by atoms with Gasteiger partial charge in [0.25, 0.3) is 11.7 Å². The van der Waals surface area contributed by atoms with Crippen molar-refractivity contribution in [3.05, 3.63) is 11.7 Å². The quantitative estimate of drug-likeness (QED) is 0.632.